The zero-order valence-electron chi connectivity index (χ0n) is 13.0. The van der Waals surface area contributed by atoms with Crippen LogP contribution in [0.4, 0.5) is 0 Å². The van der Waals surface area contributed by atoms with Crippen LogP contribution in [-0.4, -0.2) is 11.6 Å². The molecule has 2 nitrogen and oxygen atoms in total. The van der Waals surface area contributed by atoms with Crippen LogP contribution >= 0.6 is 0 Å². The van der Waals surface area contributed by atoms with Crippen LogP contribution in [0.15, 0.2) is 23.8 Å². The van der Waals surface area contributed by atoms with E-state index in [1.165, 1.54) is 12.0 Å². The lowest BCUT2D eigenvalue weighted by Gasteiger charge is -2.55. The highest BCUT2D eigenvalue weighted by atomic mass is 16.1. The first kappa shape index (κ1) is 13.5. The smallest absolute Gasteiger partial charge is 0.178 e. The Morgan fingerprint density at radius 1 is 1.05 bits per heavy atom. The summed E-state index contributed by atoms with van der Waals surface area (Å²) in [5, 5.41) is 0. The third-order valence-electron chi connectivity index (χ3n) is 7.27. The minimum absolute atomic E-state index is 0.0487. The SMILES string of the molecule is C[C@@]12CCC3C(CCC4=CC(=O)C=C[C@]43C)C1CCC2=O. The van der Waals surface area contributed by atoms with Gasteiger partial charge in [0.2, 0.25) is 0 Å². The highest BCUT2D eigenvalue weighted by Gasteiger charge is 2.58. The minimum Gasteiger partial charge on any atom is -0.299 e. The fourth-order valence-electron chi connectivity index (χ4n) is 5.97. The maximum atomic E-state index is 12.3. The van der Waals surface area contributed by atoms with Crippen LogP contribution in [0, 0.1) is 28.6 Å². The molecular weight excluding hydrogens is 260 g/mol. The molecule has 3 fully saturated rings. The quantitative estimate of drug-likeness (QED) is 0.677. The van der Waals surface area contributed by atoms with Crippen molar-refractivity contribution in [1.82, 2.24) is 0 Å². The van der Waals surface area contributed by atoms with E-state index in [4.69, 9.17) is 0 Å². The van der Waals surface area contributed by atoms with E-state index in [9.17, 15) is 9.59 Å². The third-order valence-corrected chi connectivity index (χ3v) is 7.27. The Morgan fingerprint density at radius 2 is 1.86 bits per heavy atom. The van der Waals surface area contributed by atoms with E-state index in [1.807, 2.05) is 6.08 Å². The van der Waals surface area contributed by atoms with Crippen molar-refractivity contribution < 1.29 is 9.59 Å². The van der Waals surface area contributed by atoms with E-state index >= 15 is 0 Å². The van der Waals surface area contributed by atoms with Crippen LogP contribution < -0.4 is 0 Å². The normalized spacial score (nSPS) is 48.5. The van der Waals surface area contributed by atoms with E-state index in [0.717, 1.165) is 32.1 Å². The molecule has 21 heavy (non-hydrogen) atoms. The van der Waals surface area contributed by atoms with Crippen molar-refractivity contribution >= 4 is 11.6 Å². The Kier molecular flexibility index (Phi) is 2.68. The molecule has 0 aromatic heterocycles. The van der Waals surface area contributed by atoms with Gasteiger partial charge < -0.3 is 0 Å². The van der Waals surface area contributed by atoms with Gasteiger partial charge in [-0.25, -0.2) is 0 Å². The van der Waals surface area contributed by atoms with Gasteiger partial charge in [0.25, 0.3) is 0 Å². The van der Waals surface area contributed by atoms with Crippen LogP contribution in [-0.2, 0) is 9.59 Å². The summed E-state index contributed by atoms with van der Waals surface area (Å²) >= 11 is 0. The minimum atomic E-state index is -0.0487. The molecule has 3 saturated carbocycles. The number of rotatable bonds is 0. The van der Waals surface area contributed by atoms with Gasteiger partial charge in [0.05, 0.1) is 0 Å². The predicted molar refractivity (Wildman–Crippen MR) is 81.6 cm³/mol. The molecule has 0 saturated heterocycles. The van der Waals surface area contributed by atoms with Gasteiger partial charge >= 0.3 is 0 Å². The molecule has 0 aromatic rings. The van der Waals surface area contributed by atoms with Gasteiger partial charge in [0.15, 0.2) is 5.78 Å². The molecule has 2 heteroatoms. The molecular formula is C19H24O2. The third kappa shape index (κ3) is 1.65. The number of fused-ring (bicyclic) bond motifs is 5. The second kappa shape index (κ2) is 4.18. The van der Waals surface area contributed by atoms with Crippen molar-refractivity contribution in [3.63, 3.8) is 0 Å². The molecule has 0 N–H and O–H groups in total. The molecule has 0 amide bonds. The van der Waals surface area contributed by atoms with Crippen LogP contribution in [0.25, 0.3) is 0 Å². The molecule has 3 unspecified atom stereocenters. The number of carbonyl (C=O) groups excluding carboxylic acids is 2. The van der Waals surface area contributed by atoms with Crippen molar-refractivity contribution in [2.45, 2.75) is 52.4 Å². The van der Waals surface area contributed by atoms with E-state index in [1.54, 1.807) is 6.08 Å². The first-order valence-corrected chi connectivity index (χ1v) is 8.43. The fraction of sp³-hybridized carbons (Fsp3) is 0.684. The summed E-state index contributed by atoms with van der Waals surface area (Å²) in [5.41, 5.74) is 1.35. The molecule has 0 radical (unpaired) electrons. The highest BCUT2D eigenvalue weighted by molar-refractivity contribution is 6.01. The Labute approximate surface area is 126 Å². The van der Waals surface area contributed by atoms with E-state index in [-0.39, 0.29) is 16.6 Å². The van der Waals surface area contributed by atoms with Gasteiger partial charge in [0.1, 0.15) is 5.78 Å². The van der Waals surface area contributed by atoms with E-state index < -0.39 is 0 Å². The summed E-state index contributed by atoms with van der Waals surface area (Å²) < 4.78 is 0. The summed E-state index contributed by atoms with van der Waals surface area (Å²) in [6.45, 7) is 4.54. The van der Waals surface area contributed by atoms with Crippen LogP contribution in [0.5, 0.6) is 0 Å². The largest absolute Gasteiger partial charge is 0.299 e. The van der Waals surface area contributed by atoms with Gasteiger partial charge in [-0.1, -0.05) is 25.5 Å². The molecule has 0 heterocycles. The first-order chi connectivity index (χ1) is 9.95. The van der Waals surface area contributed by atoms with Crippen LogP contribution in [0.1, 0.15) is 52.4 Å². The molecule has 0 bridgehead atoms. The Morgan fingerprint density at radius 3 is 2.67 bits per heavy atom. The predicted octanol–water partition coefficient (Wildman–Crippen LogP) is 3.86. The zero-order valence-corrected chi connectivity index (χ0v) is 13.0. The van der Waals surface area contributed by atoms with Crippen LogP contribution in [0.2, 0.25) is 0 Å². The summed E-state index contributed by atoms with van der Waals surface area (Å²) in [7, 11) is 0. The lowest BCUT2D eigenvalue weighted by Crippen LogP contribution is -2.49. The Bertz CT molecular complexity index is 584. The molecule has 4 aliphatic rings. The fourth-order valence-corrected chi connectivity index (χ4v) is 5.97. The zero-order chi connectivity index (χ0) is 14.8. The average molecular weight is 284 g/mol. The van der Waals surface area contributed by atoms with Crippen molar-refractivity contribution in [2.24, 2.45) is 28.6 Å². The second-order valence-electron chi connectivity index (χ2n) is 8.02. The lowest BCUT2D eigenvalue weighted by molar-refractivity contribution is -0.131. The number of carbonyl (C=O) groups is 2. The van der Waals surface area contributed by atoms with Gasteiger partial charge in [0, 0.05) is 17.3 Å². The van der Waals surface area contributed by atoms with Crippen molar-refractivity contribution in [3.05, 3.63) is 23.8 Å². The Hall–Kier alpha value is -1.18. The first-order valence-electron chi connectivity index (χ1n) is 8.43. The van der Waals surface area contributed by atoms with Gasteiger partial charge in [-0.3, -0.25) is 9.59 Å². The number of allylic oxidation sites excluding steroid dienone is 4. The maximum Gasteiger partial charge on any atom is 0.178 e. The Balaban J connectivity index is 1.72. The molecule has 4 aliphatic carbocycles. The number of hydrogen-bond donors (Lipinski definition) is 0. The van der Waals surface area contributed by atoms with E-state index in [0.29, 0.717) is 23.5 Å². The topological polar surface area (TPSA) is 34.1 Å². The van der Waals surface area contributed by atoms with Crippen molar-refractivity contribution in [3.8, 4) is 0 Å². The number of Topliss-reactive ketones (excluding diaryl/α,β-unsaturated/α-hetero) is 1. The molecule has 5 atom stereocenters. The number of ketones is 2. The molecule has 112 valence electrons. The number of hydrogen-bond acceptors (Lipinski definition) is 2. The van der Waals surface area contributed by atoms with Gasteiger partial charge in [-0.05, 0) is 62.0 Å². The summed E-state index contributed by atoms with van der Waals surface area (Å²) in [6, 6.07) is 0. The summed E-state index contributed by atoms with van der Waals surface area (Å²) in [4.78, 5) is 24.0. The maximum absolute atomic E-state index is 12.3. The van der Waals surface area contributed by atoms with Crippen LogP contribution in [0.3, 0.4) is 0 Å². The van der Waals surface area contributed by atoms with Crippen molar-refractivity contribution in [1.29, 1.82) is 0 Å². The van der Waals surface area contributed by atoms with E-state index in [2.05, 4.69) is 19.9 Å². The summed E-state index contributed by atoms with van der Waals surface area (Å²) in [6.07, 6.45) is 12.1. The summed E-state index contributed by atoms with van der Waals surface area (Å²) in [5.74, 6) is 2.51. The monoisotopic (exact) mass is 284 g/mol. The van der Waals surface area contributed by atoms with Crippen molar-refractivity contribution in [2.75, 3.05) is 0 Å². The molecule has 0 aromatic carbocycles. The molecule has 0 spiro atoms. The standard InChI is InChI=1S/C19H24O2/c1-18-9-7-13(20)11-12(18)3-4-14-15-5-6-17(21)19(15,2)10-8-16(14)18/h7,9,11,14-16H,3-6,8,10H2,1-2H3/t14?,15?,16?,18-,19-/m1/s1. The molecule has 0 aliphatic heterocycles. The lowest BCUT2D eigenvalue weighted by atomic mass is 9.48. The van der Waals surface area contributed by atoms with Gasteiger partial charge in [-0.2, -0.15) is 0 Å². The van der Waals surface area contributed by atoms with Gasteiger partial charge in [-0.15, -0.1) is 0 Å². The highest BCUT2D eigenvalue weighted by Crippen LogP contribution is 2.63. The average Bonchev–Trinajstić information content (AvgIpc) is 2.76. The second-order valence-corrected chi connectivity index (χ2v) is 8.02. The molecule has 4 rings (SSSR count).